The molecule has 1 aromatic heterocycles. The van der Waals surface area contributed by atoms with Gasteiger partial charge in [0.05, 0.1) is 26.6 Å². The Hall–Kier alpha value is -3.86. The van der Waals surface area contributed by atoms with Crippen molar-refractivity contribution in [1.29, 1.82) is 0 Å². The van der Waals surface area contributed by atoms with Crippen LogP contribution in [-0.2, 0) is 11.0 Å². The molecule has 1 aliphatic rings. The zero-order valence-corrected chi connectivity index (χ0v) is 16.7. The summed E-state index contributed by atoms with van der Waals surface area (Å²) >= 11 is 0.856. The molecule has 2 aromatic carbocycles. The van der Waals surface area contributed by atoms with Crippen LogP contribution in [0.4, 0.5) is 24.5 Å². The Kier molecular flexibility index (Phi) is 5.57. The molecule has 3 aromatic rings. The minimum absolute atomic E-state index is 0.0107. The van der Waals surface area contributed by atoms with Crippen molar-refractivity contribution in [3.63, 3.8) is 0 Å². The normalized spacial score (nSPS) is 16.5. The lowest BCUT2D eigenvalue weighted by Crippen LogP contribution is -2.19. The zero-order chi connectivity index (χ0) is 22.9. The van der Waals surface area contributed by atoms with Crippen molar-refractivity contribution < 1.29 is 27.3 Å². The molecule has 1 aliphatic heterocycles. The first-order valence-electron chi connectivity index (χ1n) is 9.02. The maximum absolute atomic E-state index is 13.2. The highest BCUT2D eigenvalue weighted by atomic mass is 32.2. The second-order valence-electron chi connectivity index (χ2n) is 6.47. The van der Waals surface area contributed by atoms with Crippen LogP contribution >= 0.6 is 11.8 Å². The smallest absolute Gasteiger partial charge is 0.418 e. The van der Waals surface area contributed by atoms with E-state index < -0.39 is 22.6 Å². The number of hydrogen-bond acceptors (Lipinski definition) is 6. The summed E-state index contributed by atoms with van der Waals surface area (Å²) in [5, 5.41) is 13.6. The van der Waals surface area contributed by atoms with Gasteiger partial charge in [0.15, 0.2) is 5.17 Å². The van der Waals surface area contributed by atoms with Gasteiger partial charge in [-0.05, 0) is 42.1 Å². The van der Waals surface area contributed by atoms with E-state index >= 15 is 0 Å². The highest BCUT2D eigenvalue weighted by molar-refractivity contribution is 8.18. The van der Waals surface area contributed by atoms with Crippen LogP contribution in [0.3, 0.4) is 0 Å². The molecule has 1 saturated heterocycles. The molecule has 0 unspecified atom stereocenters. The minimum Gasteiger partial charge on any atom is -0.456 e. The van der Waals surface area contributed by atoms with Gasteiger partial charge in [-0.3, -0.25) is 14.9 Å². The number of amides is 1. The topological polar surface area (TPSA) is 97.7 Å². The first-order chi connectivity index (χ1) is 15.2. The monoisotopic (exact) mass is 459 g/mol. The molecule has 11 heteroatoms. The lowest BCUT2D eigenvalue weighted by atomic mass is 10.1. The van der Waals surface area contributed by atoms with Gasteiger partial charge in [-0.1, -0.05) is 24.3 Å². The van der Waals surface area contributed by atoms with E-state index in [9.17, 15) is 28.1 Å². The molecule has 1 fully saturated rings. The van der Waals surface area contributed by atoms with E-state index in [2.05, 4.69) is 10.3 Å². The SMILES string of the molecule is O=C1NC(=Nc2ccccc2C(F)(F)F)SC1=Cc1ccc(-c2ccccc2[N+](=O)[O-])o1. The number of rotatable bonds is 4. The first-order valence-corrected chi connectivity index (χ1v) is 9.83. The van der Waals surface area contributed by atoms with Crippen molar-refractivity contribution in [3.05, 3.63) is 87.0 Å². The summed E-state index contributed by atoms with van der Waals surface area (Å²) in [6.07, 6.45) is -3.20. The third-order valence-corrected chi connectivity index (χ3v) is 5.26. The molecular formula is C21H12F3N3O4S. The number of alkyl halides is 3. The van der Waals surface area contributed by atoms with E-state index in [-0.39, 0.29) is 38.5 Å². The highest BCUT2D eigenvalue weighted by Gasteiger charge is 2.34. The summed E-state index contributed by atoms with van der Waals surface area (Å²) in [4.78, 5) is 27.0. The van der Waals surface area contributed by atoms with Gasteiger partial charge in [0.1, 0.15) is 11.5 Å². The fraction of sp³-hybridized carbons (Fsp3) is 0.0476. The van der Waals surface area contributed by atoms with Crippen molar-refractivity contribution in [2.75, 3.05) is 0 Å². The lowest BCUT2D eigenvalue weighted by molar-refractivity contribution is -0.384. The number of benzene rings is 2. The van der Waals surface area contributed by atoms with Gasteiger partial charge >= 0.3 is 6.18 Å². The van der Waals surface area contributed by atoms with Gasteiger partial charge in [0.25, 0.3) is 11.6 Å². The maximum atomic E-state index is 13.2. The lowest BCUT2D eigenvalue weighted by Gasteiger charge is -2.09. The minimum atomic E-state index is -4.59. The number of nitrogens with one attached hydrogen (secondary N) is 1. The van der Waals surface area contributed by atoms with Crippen molar-refractivity contribution in [2.45, 2.75) is 6.18 Å². The van der Waals surface area contributed by atoms with Crippen LogP contribution in [0.15, 0.2) is 75.0 Å². The van der Waals surface area contributed by atoms with Crippen LogP contribution in [0.1, 0.15) is 11.3 Å². The molecule has 32 heavy (non-hydrogen) atoms. The summed E-state index contributed by atoms with van der Waals surface area (Å²) in [7, 11) is 0. The van der Waals surface area contributed by atoms with Crippen molar-refractivity contribution in [3.8, 4) is 11.3 Å². The van der Waals surface area contributed by atoms with E-state index in [4.69, 9.17) is 4.42 Å². The van der Waals surface area contributed by atoms with E-state index in [1.807, 2.05) is 0 Å². The van der Waals surface area contributed by atoms with Gasteiger partial charge in [-0.15, -0.1) is 0 Å². The van der Waals surface area contributed by atoms with Gasteiger partial charge in [-0.2, -0.15) is 13.2 Å². The van der Waals surface area contributed by atoms with Crippen LogP contribution in [0.2, 0.25) is 0 Å². The quantitative estimate of drug-likeness (QED) is 0.304. The number of nitro groups is 1. The number of aliphatic imine (C=N–C) groups is 1. The summed E-state index contributed by atoms with van der Waals surface area (Å²) in [6.45, 7) is 0. The summed E-state index contributed by atoms with van der Waals surface area (Å²) in [5.41, 5.74) is -1.09. The molecule has 2 heterocycles. The number of hydrogen-bond donors (Lipinski definition) is 1. The predicted octanol–water partition coefficient (Wildman–Crippen LogP) is 5.77. The molecule has 0 atom stereocenters. The molecule has 0 bridgehead atoms. The molecular weight excluding hydrogens is 447 g/mol. The van der Waals surface area contributed by atoms with Crippen LogP contribution in [-0.4, -0.2) is 16.0 Å². The Morgan fingerprint density at radius 3 is 2.53 bits per heavy atom. The highest BCUT2D eigenvalue weighted by Crippen LogP contribution is 2.38. The second kappa shape index (κ2) is 8.35. The van der Waals surface area contributed by atoms with Crippen LogP contribution in [0.5, 0.6) is 0 Å². The van der Waals surface area contributed by atoms with E-state index in [1.165, 1.54) is 54.6 Å². The fourth-order valence-corrected chi connectivity index (χ4v) is 3.76. The molecule has 1 amide bonds. The van der Waals surface area contributed by atoms with Crippen molar-refractivity contribution in [1.82, 2.24) is 5.32 Å². The average Bonchev–Trinajstić information content (AvgIpc) is 3.34. The molecule has 0 radical (unpaired) electrons. The van der Waals surface area contributed by atoms with Crippen LogP contribution < -0.4 is 5.32 Å². The standard InChI is InChI=1S/C21H12F3N3O4S/c22-21(23,24)14-6-2-3-7-15(14)25-20-26-19(28)18(32-20)11-12-9-10-17(31-12)13-5-1-4-8-16(13)27(29)30/h1-11H,(H,25,26,28). The molecule has 0 saturated carbocycles. The average molecular weight is 459 g/mol. The fourth-order valence-electron chi connectivity index (χ4n) is 2.95. The number of thioether (sulfide) groups is 1. The molecule has 0 spiro atoms. The number of carbonyl (C=O) groups excluding carboxylic acids is 1. The van der Waals surface area contributed by atoms with E-state index in [0.29, 0.717) is 0 Å². The van der Waals surface area contributed by atoms with E-state index in [1.54, 1.807) is 6.07 Å². The van der Waals surface area contributed by atoms with Crippen LogP contribution in [0.25, 0.3) is 17.4 Å². The number of amidine groups is 1. The summed E-state index contributed by atoms with van der Waals surface area (Å²) in [6, 6.07) is 13.9. The third kappa shape index (κ3) is 4.42. The van der Waals surface area contributed by atoms with Gasteiger partial charge < -0.3 is 9.73 Å². The Morgan fingerprint density at radius 1 is 1.06 bits per heavy atom. The third-order valence-electron chi connectivity index (χ3n) is 4.35. The number of carbonyl (C=O) groups is 1. The predicted molar refractivity (Wildman–Crippen MR) is 113 cm³/mol. The number of nitro benzene ring substituents is 1. The van der Waals surface area contributed by atoms with E-state index in [0.717, 1.165) is 17.8 Å². The molecule has 7 nitrogen and oxygen atoms in total. The summed E-state index contributed by atoms with van der Waals surface area (Å²) < 4.78 is 45.1. The van der Waals surface area contributed by atoms with Gasteiger partial charge in [0.2, 0.25) is 0 Å². The number of nitrogens with zero attached hydrogens (tertiary/aromatic N) is 2. The Balaban J connectivity index is 1.60. The molecule has 4 rings (SSSR count). The molecule has 162 valence electrons. The first kappa shape index (κ1) is 21.4. The molecule has 0 aliphatic carbocycles. The van der Waals surface area contributed by atoms with Crippen molar-refractivity contribution in [2.24, 2.45) is 4.99 Å². The second-order valence-corrected chi connectivity index (χ2v) is 7.50. The van der Waals surface area contributed by atoms with Crippen molar-refractivity contribution >= 4 is 40.3 Å². The number of furan rings is 1. The molecule has 1 N–H and O–H groups in total. The maximum Gasteiger partial charge on any atom is 0.418 e. The van der Waals surface area contributed by atoms with Gasteiger partial charge in [-0.25, -0.2) is 4.99 Å². The van der Waals surface area contributed by atoms with Gasteiger partial charge in [0, 0.05) is 12.1 Å². The largest absolute Gasteiger partial charge is 0.456 e. The Bertz CT molecular complexity index is 1280. The summed E-state index contributed by atoms with van der Waals surface area (Å²) in [5.74, 6) is -0.0739. The number of para-hydroxylation sites is 2. The Labute approximate surface area is 182 Å². The zero-order valence-electron chi connectivity index (χ0n) is 15.9. The van der Waals surface area contributed by atoms with Crippen LogP contribution in [0, 0.1) is 10.1 Å². The Morgan fingerprint density at radius 2 is 1.78 bits per heavy atom. The number of halogens is 3.